The van der Waals surface area contributed by atoms with Gasteiger partial charge in [-0.15, -0.1) is 0 Å². The molecule has 0 aromatic heterocycles. The monoisotopic (exact) mass is 261 g/mol. The quantitative estimate of drug-likeness (QED) is 0.799. The van der Waals surface area contributed by atoms with Crippen LogP contribution < -0.4 is 11.1 Å². The molecular formula is C15H23N3O. The van der Waals surface area contributed by atoms with Crippen LogP contribution in [0.3, 0.4) is 0 Å². The van der Waals surface area contributed by atoms with E-state index in [2.05, 4.69) is 16.3 Å². The second kappa shape index (κ2) is 4.85. The number of nitrogens with zero attached hydrogens (tertiary/aromatic N) is 1. The number of benzene rings is 1. The molecule has 1 amide bonds. The zero-order valence-electron chi connectivity index (χ0n) is 12.2. The number of anilines is 1. The van der Waals surface area contributed by atoms with Gasteiger partial charge in [0, 0.05) is 24.3 Å². The van der Waals surface area contributed by atoms with Crippen molar-refractivity contribution < 1.29 is 4.79 Å². The molecule has 0 saturated carbocycles. The Morgan fingerprint density at radius 2 is 1.95 bits per heavy atom. The van der Waals surface area contributed by atoms with Crippen LogP contribution in [0.2, 0.25) is 0 Å². The highest BCUT2D eigenvalue weighted by atomic mass is 16.2. The number of hydrogen-bond acceptors (Lipinski definition) is 3. The molecule has 0 fully saturated rings. The van der Waals surface area contributed by atoms with Crippen molar-refractivity contribution in [3.05, 3.63) is 29.3 Å². The average Bonchev–Trinajstić information content (AvgIpc) is 2.68. The fourth-order valence-corrected chi connectivity index (χ4v) is 2.35. The molecule has 1 aliphatic heterocycles. The first-order chi connectivity index (χ1) is 8.76. The van der Waals surface area contributed by atoms with Crippen LogP contribution in [-0.4, -0.2) is 22.4 Å². The summed E-state index contributed by atoms with van der Waals surface area (Å²) in [4.78, 5) is 14.4. The molecule has 1 aliphatic rings. The number of nitrogens with one attached hydrogen (secondary N) is 1. The van der Waals surface area contributed by atoms with E-state index in [9.17, 15) is 4.79 Å². The van der Waals surface area contributed by atoms with Crippen molar-refractivity contribution >= 4 is 11.6 Å². The second-order valence-electron chi connectivity index (χ2n) is 6.35. The Labute approximate surface area is 115 Å². The minimum atomic E-state index is -0.192. The fourth-order valence-electron chi connectivity index (χ4n) is 2.35. The first kappa shape index (κ1) is 13.9. The van der Waals surface area contributed by atoms with Gasteiger partial charge < -0.3 is 11.1 Å². The van der Waals surface area contributed by atoms with Gasteiger partial charge >= 0.3 is 0 Å². The molecule has 0 radical (unpaired) electrons. The van der Waals surface area contributed by atoms with Crippen LogP contribution in [0, 0.1) is 0 Å². The van der Waals surface area contributed by atoms with Crippen LogP contribution in [0.5, 0.6) is 0 Å². The second-order valence-corrected chi connectivity index (χ2v) is 6.35. The molecule has 0 aliphatic carbocycles. The maximum atomic E-state index is 12.2. The molecule has 104 valence electrons. The highest BCUT2D eigenvalue weighted by molar-refractivity contribution is 5.82. The van der Waals surface area contributed by atoms with E-state index >= 15 is 0 Å². The Bertz CT molecular complexity index is 491. The summed E-state index contributed by atoms with van der Waals surface area (Å²) >= 11 is 0. The lowest BCUT2D eigenvalue weighted by molar-refractivity contribution is -0.127. The molecule has 0 spiro atoms. The van der Waals surface area contributed by atoms with E-state index in [1.165, 1.54) is 11.1 Å². The Morgan fingerprint density at radius 3 is 2.58 bits per heavy atom. The van der Waals surface area contributed by atoms with Gasteiger partial charge in [-0.2, -0.15) is 0 Å². The van der Waals surface area contributed by atoms with Crippen LogP contribution in [0.4, 0.5) is 5.69 Å². The highest BCUT2D eigenvalue weighted by Gasteiger charge is 2.29. The number of carbonyl (C=O) groups is 1. The van der Waals surface area contributed by atoms with Gasteiger partial charge in [-0.25, -0.2) is 0 Å². The van der Waals surface area contributed by atoms with Gasteiger partial charge in [0.25, 0.3) is 0 Å². The summed E-state index contributed by atoms with van der Waals surface area (Å²) in [5, 5.41) is 3.03. The number of fused-ring (bicyclic) bond motifs is 1. The van der Waals surface area contributed by atoms with Gasteiger partial charge in [-0.05, 0) is 51.0 Å². The number of carbonyl (C=O) groups excluding carboxylic acids is 1. The predicted molar refractivity (Wildman–Crippen MR) is 77.5 cm³/mol. The summed E-state index contributed by atoms with van der Waals surface area (Å²) in [5.74, 6) is 0.0771. The lowest BCUT2D eigenvalue weighted by Gasteiger charge is -2.28. The predicted octanol–water partition coefficient (Wildman–Crippen LogP) is 1.89. The zero-order chi connectivity index (χ0) is 14.2. The molecule has 1 aromatic rings. The van der Waals surface area contributed by atoms with Crippen molar-refractivity contribution in [3.63, 3.8) is 0 Å². The summed E-state index contributed by atoms with van der Waals surface area (Å²) in [7, 11) is 0. The van der Waals surface area contributed by atoms with Crippen molar-refractivity contribution in [2.45, 2.75) is 52.4 Å². The lowest BCUT2D eigenvalue weighted by Crippen LogP contribution is -2.49. The third-order valence-electron chi connectivity index (χ3n) is 3.40. The van der Waals surface area contributed by atoms with Gasteiger partial charge in [0.2, 0.25) is 5.91 Å². The van der Waals surface area contributed by atoms with Gasteiger partial charge in [0.05, 0.1) is 6.04 Å². The normalized spacial score (nSPS) is 17.1. The largest absolute Gasteiger partial charge is 0.399 e. The molecule has 19 heavy (non-hydrogen) atoms. The molecule has 1 atom stereocenters. The first-order valence-corrected chi connectivity index (χ1v) is 6.69. The lowest BCUT2D eigenvalue weighted by atomic mass is 10.1. The van der Waals surface area contributed by atoms with Crippen LogP contribution in [0.15, 0.2) is 18.2 Å². The number of amides is 1. The summed E-state index contributed by atoms with van der Waals surface area (Å²) < 4.78 is 0. The van der Waals surface area contributed by atoms with E-state index in [-0.39, 0.29) is 17.5 Å². The van der Waals surface area contributed by atoms with Crippen LogP contribution in [0.25, 0.3) is 0 Å². The SMILES string of the molecule is CC(C(=O)NC(C)(C)C)N1Cc2ccc(N)cc2C1. The number of nitrogens with two attached hydrogens (primary N) is 1. The van der Waals surface area contributed by atoms with Crippen molar-refractivity contribution in [3.8, 4) is 0 Å². The first-order valence-electron chi connectivity index (χ1n) is 6.69. The molecule has 1 aromatic carbocycles. The third-order valence-corrected chi connectivity index (χ3v) is 3.40. The van der Waals surface area contributed by atoms with E-state index in [1.807, 2.05) is 39.8 Å². The Hall–Kier alpha value is -1.55. The van der Waals surface area contributed by atoms with Crippen LogP contribution in [0.1, 0.15) is 38.8 Å². The topological polar surface area (TPSA) is 58.4 Å². The summed E-state index contributed by atoms with van der Waals surface area (Å²) in [6.07, 6.45) is 0. The van der Waals surface area contributed by atoms with Crippen molar-refractivity contribution in [2.24, 2.45) is 0 Å². The zero-order valence-corrected chi connectivity index (χ0v) is 12.2. The highest BCUT2D eigenvalue weighted by Crippen LogP contribution is 2.26. The van der Waals surface area contributed by atoms with E-state index in [0.717, 1.165) is 18.8 Å². The molecular weight excluding hydrogens is 238 g/mol. The van der Waals surface area contributed by atoms with Gasteiger partial charge in [0.15, 0.2) is 0 Å². The molecule has 0 bridgehead atoms. The Balaban J connectivity index is 2.04. The van der Waals surface area contributed by atoms with Crippen molar-refractivity contribution in [1.29, 1.82) is 0 Å². The van der Waals surface area contributed by atoms with Crippen LogP contribution >= 0.6 is 0 Å². The smallest absolute Gasteiger partial charge is 0.237 e. The molecule has 1 unspecified atom stereocenters. The average molecular weight is 261 g/mol. The van der Waals surface area contributed by atoms with Crippen molar-refractivity contribution in [2.75, 3.05) is 5.73 Å². The van der Waals surface area contributed by atoms with E-state index in [1.54, 1.807) is 0 Å². The minimum Gasteiger partial charge on any atom is -0.399 e. The van der Waals surface area contributed by atoms with Gasteiger partial charge in [0.1, 0.15) is 0 Å². The van der Waals surface area contributed by atoms with Crippen LogP contribution in [-0.2, 0) is 17.9 Å². The standard InChI is InChI=1S/C15H23N3O/c1-10(14(19)17-15(2,3)4)18-8-11-5-6-13(16)7-12(11)9-18/h5-7,10H,8-9,16H2,1-4H3,(H,17,19). The van der Waals surface area contributed by atoms with Gasteiger partial charge in [-0.1, -0.05) is 6.07 Å². The fraction of sp³-hybridized carbons (Fsp3) is 0.533. The molecule has 4 heteroatoms. The number of hydrogen-bond donors (Lipinski definition) is 2. The van der Waals surface area contributed by atoms with E-state index in [0.29, 0.717) is 0 Å². The Morgan fingerprint density at radius 1 is 1.32 bits per heavy atom. The minimum absolute atomic E-state index is 0.0771. The summed E-state index contributed by atoms with van der Waals surface area (Å²) in [6.45, 7) is 9.55. The molecule has 1 heterocycles. The number of nitrogen functional groups attached to an aromatic ring is 1. The molecule has 0 saturated heterocycles. The third kappa shape index (κ3) is 3.26. The Kier molecular flexibility index (Phi) is 3.54. The summed E-state index contributed by atoms with van der Waals surface area (Å²) in [6, 6.07) is 5.85. The maximum absolute atomic E-state index is 12.2. The molecule has 2 rings (SSSR count). The van der Waals surface area contributed by atoms with Crippen molar-refractivity contribution in [1.82, 2.24) is 10.2 Å². The van der Waals surface area contributed by atoms with E-state index < -0.39 is 0 Å². The molecule has 3 N–H and O–H groups in total. The molecule has 4 nitrogen and oxygen atoms in total. The van der Waals surface area contributed by atoms with E-state index in [4.69, 9.17) is 5.73 Å². The van der Waals surface area contributed by atoms with Gasteiger partial charge in [-0.3, -0.25) is 9.69 Å². The number of rotatable bonds is 2. The maximum Gasteiger partial charge on any atom is 0.237 e. The summed E-state index contributed by atoms with van der Waals surface area (Å²) in [5.41, 5.74) is 8.89.